The van der Waals surface area contributed by atoms with Crippen LogP contribution in [-0.4, -0.2) is 4.98 Å². The van der Waals surface area contributed by atoms with Gasteiger partial charge in [0.25, 0.3) is 0 Å². The van der Waals surface area contributed by atoms with Gasteiger partial charge in [0.1, 0.15) is 0 Å². The zero-order valence-corrected chi connectivity index (χ0v) is 13.2. The van der Waals surface area contributed by atoms with Gasteiger partial charge in [-0.15, -0.1) is 0 Å². The SMILES string of the molecule is C[C@@H](NCc1[nH]c2ccccc2c1Cl)c1cccc(Cl)c1. The van der Waals surface area contributed by atoms with Gasteiger partial charge in [-0.1, -0.05) is 53.5 Å². The van der Waals surface area contributed by atoms with Crippen molar-refractivity contribution in [1.29, 1.82) is 0 Å². The number of benzene rings is 2. The molecule has 0 radical (unpaired) electrons. The largest absolute Gasteiger partial charge is 0.356 e. The van der Waals surface area contributed by atoms with E-state index in [-0.39, 0.29) is 6.04 Å². The lowest BCUT2D eigenvalue weighted by Crippen LogP contribution is -2.18. The summed E-state index contributed by atoms with van der Waals surface area (Å²) in [5, 5.41) is 6.07. The molecule has 0 fully saturated rings. The number of H-pyrrole nitrogens is 1. The van der Waals surface area contributed by atoms with Gasteiger partial charge in [-0.05, 0) is 30.7 Å². The highest BCUT2D eigenvalue weighted by atomic mass is 35.5. The van der Waals surface area contributed by atoms with Crippen LogP contribution >= 0.6 is 23.2 Å². The minimum absolute atomic E-state index is 0.200. The maximum absolute atomic E-state index is 6.42. The van der Waals surface area contributed by atoms with E-state index in [1.54, 1.807) is 0 Å². The molecule has 108 valence electrons. The van der Waals surface area contributed by atoms with E-state index >= 15 is 0 Å². The average molecular weight is 319 g/mol. The van der Waals surface area contributed by atoms with Crippen molar-refractivity contribution in [3.05, 3.63) is 69.8 Å². The van der Waals surface area contributed by atoms with Crippen LogP contribution < -0.4 is 5.32 Å². The molecule has 21 heavy (non-hydrogen) atoms. The second-order valence-corrected chi connectivity index (χ2v) is 5.94. The van der Waals surface area contributed by atoms with Crippen molar-refractivity contribution >= 4 is 34.1 Å². The van der Waals surface area contributed by atoms with Crippen molar-refractivity contribution in [2.75, 3.05) is 0 Å². The van der Waals surface area contributed by atoms with Gasteiger partial charge in [0.05, 0.1) is 5.02 Å². The molecule has 0 aliphatic heterocycles. The number of hydrogen-bond donors (Lipinski definition) is 2. The smallest absolute Gasteiger partial charge is 0.0705 e. The Labute approximate surface area is 134 Å². The summed E-state index contributed by atoms with van der Waals surface area (Å²) >= 11 is 12.4. The van der Waals surface area contributed by atoms with Gasteiger partial charge in [-0.25, -0.2) is 0 Å². The van der Waals surface area contributed by atoms with E-state index in [0.717, 1.165) is 32.2 Å². The van der Waals surface area contributed by atoms with Gasteiger partial charge in [-0.3, -0.25) is 0 Å². The first-order valence-corrected chi connectivity index (χ1v) is 7.64. The van der Waals surface area contributed by atoms with Gasteiger partial charge >= 0.3 is 0 Å². The molecule has 0 unspecified atom stereocenters. The van der Waals surface area contributed by atoms with Gasteiger partial charge in [0.2, 0.25) is 0 Å². The average Bonchev–Trinajstić information content (AvgIpc) is 2.82. The molecule has 0 saturated heterocycles. The molecule has 0 spiro atoms. The number of aromatic nitrogens is 1. The molecule has 1 aromatic heterocycles. The molecule has 0 amide bonds. The molecule has 2 N–H and O–H groups in total. The zero-order chi connectivity index (χ0) is 14.8. The maximum atomic E-state index is 6.42. The number of halogens is 2. The molecule has 0 aliphatic carbocycles. The number of hydrogen-bond acceptors (Lipinski definition) is 1. The number of para-hydroxylation sites is 1. The number of rotatable bonds is 4. The molecule has 0 saturated carbocycles. The summed E-state index contributed by atoms with van der Waals surface area (Å²) in [7, 11) is 0. The molecule has 2 nitrogen and oxygen atoms in total. The van der Waals surface area contributed by atoms with Crippen molar-refractivity contribution in [3.63, 3.8) is 0 Å². The second kappa shape index (κ2) is 6.10. The normalized spacial score (nSPS) is 12.7. The summed E-state index contributed by atoms with van der Waals surface area (Å²) in [6.45, 7) is 2.80. The van der Waals surface area contributed by atoms with Crippen molar-refractivity contribution in [3.8, 4) is 0 Å². The monoisotopic (exact) mass is 318 g/mol. The van der Waals surface area contributed by atoms with Crippen LogP contribution in [0.4, 0.5) is 0 Å². The molecular weight excluding hydrogens is 303 g/mol. The molecule has 4 heteroatoms. The Morgan fingerprint density at radius 1 is 1.10 bits per heavy atom. The van der Waals surface area contributed by atoms with Gasteiger partial charge in [-0.2, -0.15) is 0 Å². The van der Waals surface area contributed by atoms with Crippen molar-refractivity contribution in [1.82, 2.24) is 10.3 Å². The van der Waals surface area contributed by atoms with E-state index in [1.807, 2.05) is 42.5 Å². The van der Waals surface area contributed by atoms with E-state index in [1.165, 1.54) is 0 Å². The highest BCUT2D eigenvalue weighted by Gasteiger charge is 2.11. The summed E-state index contributed by atoms with van der Waals surface area (Å²) < 4.78 is 0. The van der Waals surface area contributed by atoms with Gasteiger partial charge < -0.3 is 10.3 Å². The first kappa shape index (κ1) is 14.5. The molecule has 0 aliphatic rings. The summed E-state index contributed by atoms with van der Waals surface area (Å²) in [6.07, 6.45) is 0. The lowest BCUT2D eigenvalue weighted by molar-refractivity contribution is 0.570. The topological polar surface area (TPSA) is 27.8 Å². The third kappa shape index (κ3) is 3.08. The quantitative estimate of drug-likeness (QED) is 0.669. The van der Waals surface area contributed by atoms with Crippen molar-refractivity contribution in [2.24, 2.45) is 0 Å². The molecule has 0 bridgehead atoms. The first-order chi connectivity index (χ1) is 10.1. The second-order valence-electron chi connectivity index (χ2n) is 5.12. The van der Waals surface area contributed by atoms with Gasteiger partial charge in [0.15, 0.2) is 0 Å². The predicted molar refractivity (Wildman–Crippen MR) is 90.0 cm³/mol. The first-order valence-electron chi connectivity index (χ1n) is 6.89. The summed E-state index contributed by atoms with van der Waals surface area (Å²) in [5.74, 6) is 0. The van der Waals surface area contributed by atoms with Crippen LogP contribution in [0.5, 0.6) is 0 Å². The Kier molecular flexibility index (Phi) is 4.20. The Morgan fingerprint density at radius 2 is 1.90 bits per heavy atom. The predicted octanol–water partition coefficient (Wildman–Crippen LogP) is 5.33. The van der Waals surface area contributed by atoms with Crippen LogP contribution in [0.25, 0.3) is 10.9 Å². The highest BCUT2D eigenvalue weighted by molar-refractivity contribution is 6.36. The zero-order valence-electron chi connectivity index (χ0n) is 11.7. The summed E-state index contributed by atoms with van der Waals surface area (Å²) in [5.41, 5.74) is 3.23. The fraction of sp³-hybridized carbons (Fsp3) is 0.176. The molecular formula is C17H16Cl2N2. The number of aromatic amines is 1. The Hall–Kier alpha value is -1.48. The lowest BCUT2D eigenvalue weighted by Gasteiger charge is -2.14. The van der Waals surface area contributed by atoms with Gasteiger partial charge in [0, 0.05) is 34.2 Å². The van der Waals surface area contributed by atoms with E-state index < -0.39 is 0 Å². The molecule has 1 atom stereocenters. The molecule has 1 heterocycles. The minimum atomic E-state index is 0.200. The number of fused-ring (bicyclic) bond motifs is 1. The van der Waals surface area contributed by atoms with Crippen LogP contribution in [0.2, 0.25) is 10.0 Å². The third-order valence-corrected chi connectivity index (χ3v) is 4.31. The highest BCUT2D eigenvalue weighted by Crippen LogP contribution is 2.27. The number of nitrogens with one attached hydrogen (secondary N) is 2. The third-order valence-electron chi connectivity index (χ3n) is 3.65. The minimum Gasteiger partial charge on any atom is -0.356 e. The molecule has 3 aromatic rings. The Morgan fingerprint density at radius 3 is 2.67 bits per heavy atom. The van der Waals surface area contributed by atoms with E-state index in [2.05, 4.69) is 23.3 Å². The van der Waals surface area contributed by atoms with Crippen LogP contribution in [0, 0.1) is 0 Å². The van der Waals surface area contributed by atoms with Crippen molar-refractivity contribution < 1.29 is 0 Å². The standard InChI is InChI=1S/C17H16Cl2N2/c1-11(12-5-4-6-13(18)9-12)20-10-16-17(19)14-7-2-3-8-15(14)21-16/h2-9,11,20-21H,10H2,1H3/t11-/m1/s1. The Balaban J connectivity index is 1.75. The Bertz CT molecular complexity index is 764. The summed E-state index contributed by atoms with van der Waals surface area (Å²) in [6, 6.07) is 16.1. The van der Waals surface area contributed by atoms with Crippen LogP contribution in [0.1, 0.15) is 24.2 Å². The van der Waals surface area contributed by atoms with Crippen LogP contribution in [0.15, 0.2) is 48.5 Å². The van der Waals surface area contributed by atoms with Crippen LogP contribution in [-0.2, 0) is 6.54 Å². The summed E-state index contributed by atoms with van der Waals surface area (Å²) in [4.78, 5) is 3.36. The van der Waals surface area contributed by atoms with E-state index in [0.29, 0.717) is 6.54 Å². The lowest BCUT2D eigenvalue weighted by atomic mass is 10.1. The van der Waals surface area contributed by atoms with E-state index in [4.69, 9.17) is 23.2 Å². The fourth-order valence-electron chi connectivity index (χ4n) is 2.43. The molecule has 2 aromatic carbocycles. The van der Waals surface area contributed by atoms with Crippen molar-refractivity contribution in [2.45, 2.75) is 19.5 Å². The van der Waals surface area contributed by atoms with E-state index in [9.17, 15) is 0 Å². The fourth-order valence-corrected chi connectivity index (χ4v) is 2.91. The molecule has 3 rings (SSSR count). The van der Waals surface area contributed by atoms with Crippen LogP contribution in [0.3, 0.4) is 0 Å². The maximum Gasteiger partial charge on any atom is 0.0705 e.